The third-order valence-electron chi connectivity index (χ3n) is 3.87. The van der Waals surface area contributed by atoms with Gasteiger partial charge in [0.1, 0.15) is 11.9 Å². The van der Waals surface area contributed by atoms with Crippen LogP contribution in [-0.4, -0.2) is 23.8 Å². The van der Waals surface area contributed by atoms with Crippen molar-refractivity contribution in [3.8, 4) is 0 Å². The molecule has 2 aromatic heterocycles. The highest BCUT2D eigenvalue weighted by Crippen LogP contribution is 2.22. The van der Waals surface area contributed by atoms with E-state index >= 15 is 0 Å². The Hall–Kier alpha value is -2.67. The summed E-state index contributed by atoms with van der Waals surface area (Å²) in [6.07, 6.45) is -0.974. The third-order valence-corrected chi connectivity index (χ3v) is 3.87. The zero-order valence-corrected chi connectivity index (χ0v) is 12.5. The van der Waals surface area contributed by atoms with Gasteiger partial charge in [0.15, 0.2) is 11.2 Å². The number of aromatic nitrogens is 4. The van der Waals surface area contributed by atoms with Gasteiger partial charge >= 0.3 is 5.69 Å². The fourth-order valence-corrected chi connectivity index (χ4v) is 2.56. The second kappa shape index (κ2) is 4.96. The highest BCUT2D eigenvalue weighted by atomic mass is 16.3. The summed E-state index contributed by atoms with van der Waals surface area (Å²) in [6, 6.07) is 9.04. The standard InChI is InChI=1S/C15H16N4O3/c1-17-10-12(18(2)15(22)19(3)14(10)21)16-13(17)11(20)9-7-5-4-6-8-9/h4-8,11,20H,1-3H3/t11-/m0/s1. The molecule has 0 spiro atoms. The maximum absolute atomic E-state index is 12.3. The molecule has 0 bridgehead atoms. The van der Waals surface area contributed by atoms with Gasteiger partial charge in [0.25, 0.3) is 5.56 Å². The summed E-state index contributed by atoms with van der Waals surface area (Å²) in [5, 5.41) is 10.5. The van der Waals surface area contributed by atoms with Crippen molar-refractivity contribution in [3.05, 3.63) is 62.6 Å². The molecule has 0 saturated carbocycles. The van der Waals surface area contributed by atoms with Crippen LogP contribution in [0.15, 0.2) is 39.9 Å². The summed E-state index contributed by atoms with van der Waals surface area (Å²) in [4.78, 5) is 28.6. The molecular weight excluding hydrogens is 284 g/mol. The SMILES string of the molecule is Cn1c(=O)c2c(nc([C@@H](O)c3ccccc3)n2C)n(C)c1=O. The monoisotopic (exact) mass is 300 g/mol. The van der Waals surface area contributed by atoms with Gasteiger partial charge in [-0.2, -0.15) is 0 Å². The molecular formula is C15H16N4O3. The van der Waals surface area contributed by atoms with Crippen molar-refractivity contribution in [3.63, 3.8) is 0 Å². The first-order valence-corrected chi connectivity index (χ1v) is 6.78. The van der Waals surface area contributed by atoms with Crippen molar-refractivity contribution in [2.45, 2.75) is 6.10 Å². The molecule has 0 radical (unpaired) electrons. The highest BCUT2D eigenvalue weighted by molar-refractivity contribution is 5.71. The van der Waals surface area contributed by atoms with Crippen LogP contribution >= 0.6 is 0 Å². The van der Waals surface area contributed by atoms with Gasteiger partial charge in [-0.05, 0) is 5.56 Å². The average Bonchev–Trinajstić information content (AvgIpc) is 2.88. The van der Waals surface area contributed by atoms with Gasteiger partial charge in [-0.25, -0.2) is 9.78 Å². The van der Waals surface area contributed by atoms with E-state index in [4.69, 9.17) is 0 Å². The largest absolute Gasteiger partial charge is 0.380 e. The highest BCUT2D eigenvalue weighted by Gasteiger charge is 2.22. The Balaban J connectivity index is 2.32. The van der Waals surface area contributed by atoms with Crippen LogP contribution in [0.3, 0.4) is 0 Å². The molecule has 0 saturated heterocycles. The Morgan fingerprint density at radius 2 is 1.64 bits per heavy atom. The zero-order valence-electron chi connectivity index (χ0n) is 12.5. The van der Waals surface area contributed by atoms with Crippen molar-refractivity contribution >= 4 is 11.2 Å². The van der Waals surface area contributed by atoms with Crippen LogP contribution in [0.4, 0.5) is 0 Å². The molecule has 7 heteroatoms. The number of hydrogen-bond acceptors (Lipinski definition) is 4. The normalized spacial score (nSPS) is 12.7. The molecule has 0 amide bonds. The number of nitrogens with zero attached hydrogens (tertiary/aromatic N) is 4. The molecule has 0 aliphatic carbocycles. The number of aliphatic hydroxyl groups excluding tert-OH is 1. The molecule has 22 heavy (non-hydrogen) atoms. The van der Waals surface area contributed by atoms with Crippen LogP contribution in [0.5, 0.6) is 0 Å². The molecule has 1 N–H and O–H groups in total. The Morgan fingerprint density at radius 1 is 1.00 bits per heavy atom. The molecule has 7 nitrogen and oxygen atoms in total. The van der Waals surface area contributed by atoms with E-state index in [1.807, 2.05) is 18.2 Å². The molecule has 0 fully saturated rings. The third kappa shape index (κ3) is 1.90. The number of fused-ring (bicyclic) bond motifs is 1. The van der Waals surface area contributed by atoms with Crippen molar-refractivity contribution in [1.29, 1.82) is 0 Å². The lowest BCUT2D eigenvalue weighted by molar-refractivity contribution is 0.207. The van der Waals surface area contributed by atoms with E-state index in [1.165, 1.54) is 16.2 Å². The quantitative estimate of drug-likeness (QED) is 0.725. The zero-order chi connectivity index (χ0) is 16.0. The van der Waals surface area contributed by atoms with Gasteiger partial charge in [-0.3, -0.25) is 13.9 Å². The molecule has 3 rings (SSSR count). The molecule has 0 unspecified atom stereocenters. The van der Waals surface area contributed by atoms with Gasteiger partial charge in [-0.15, -0.1) is 0 Å². The minimum absolute atomic E-state index is 0.264. The number of aliphatic hydroxyl groups is 1. The fraction of sp³-hybridized carbons (Fsp3) is 0.267. The minimum Gasteiger partial charge on any atom is -0.380 e. The number of imidazole rings is 1. The van der Waals surface area contributed by atoms with Crippen molar-refractivity contribution in [2.24, 2.45) is 21.1 Å². The van der Waals surface area contributed by atoms with Crippen LogP contribution < -0.4 is 11.2 Å². The van der Waals surface area contributed by atoms with Crippen LogP contribution in [0.2, 0.25) is 0 Å². The first kappa shape index (κ1) is 14.3. The summed E-state index contributed by atoms with van der Waals surface area (Å²) in [6.45, 7) is 0. The number of hydrogen-bond donors (Lipinski definition) is 1. The van der Waals surface area contributed by atoms with Gasteiger partial charge in [0.2, 0.25) is 0 Å². The van der Waals surface area contributed by atoms with E-state index in [2.05, 4.69) is 4.98 Å². The summed E-state index contributed by atoms with van der Waals surface area (Å²) in [7, 11) is 4.63. The topological polar surface area (TPSA) is 82.1 Å². The van der Waals surface area contributed by atoms with E-state index in [0.29, 0.717) is 11.4 Å². The van der Waals surface area contributed by atoms with E-state index in [1.54, 1.807) is 26.2 Å². The Bertz CT molecular complexity index is 966. The average molecular weight is 300 g/mol. The Labute approximate surface area is 125 Å². The van der Waals surface area contributed by atoms with E-state index in [-0.39, 0.29) is 11.2 Å². The lowest BCUT2D eigenvalue weighted by Gasteiger charge is -2.10. The van der Waals surface area contributed by atoms with Gasteiger partial charge in [0.05, 0.1) is 0 Å². The molecule has 1 atom stereocenters. The predicted octanol–water partition coefficient (Wildman–Crippen LogP) is 0.0524. The maximum atomic E-state index is 12.3. The Morgan fingerprint density at radius 3 is 2.27 bits per heavy atom. The van der Waals surface area contributed by atoms with Crippen LogP contribution in [0.25, 0.3) is 11.2 Å². The summed E-state index contributed by atoms with van der Waals surface area (Å²) >= 11 is 0. The predicted molar refractivity (Wildman–Crippen MR) is 81.7 cm³/mol. The maximum Gasteiger partial charge on any atom is 0.332 e. The lowest BCUT2D eigenvalue weighted by atomic mass is 10.1. The Kier molecular flexibility index (Phi) is 3.22. The van der Waals surface area contributed by atoms with Gasteiger partial charge in [-0.1, -0.05) is 30.3 Å². The van der Waals surface area contributed by atoms with Crippen molar-refractivity contribution in [2.75, 3.05) is 0 Å². The van der Waals surface area contributed by atoms with Crippen LogP contribution in [0.1, 0.15) is 17.5 Å². The van der Waals surface area contributed by atoms with E-state index in [9.17, 15) is 14.7 Å². The van der Waals surface area contributed by atoms with Crippen molar-refractivity contribution in [1.82, 2.24) is 18.7 Å². The van der Waals surface area contributed by atoms with Crippen LogP contribution in [-0.2, 0) is 21.1 Å². The van der Waals surface area contributed by atoms with E-state index < -0.39 is 17.4 Å². The molecule has 114 valence electrons. The smallest absolute Gasteiger partial charge is 0.332 e. The van der Waals surface area contributed by atoms with Gasteiger partial charge < -0.3 is 9.67 Å². The molecule has 2 heterocycles. The summed E-state index contributed by atoms with van der Waals surface area (Å²) < 4.78 is 3.87. The molecule has 1 aromatic carbocycles. The first-order chi connectivity index (χ1) is 10.4. The second-order valence-electron chi connectivity index (χ2n) is 5.22. The molecule has 0 aliphatic rings. The summed E-state index contributed by atoms with van der Waals surface area (Å²) in [5.74, 6) is 0.319. The van der Waals surface area contributed by atoms with Crippen LogP contribution in [0, 0.1) is 0 Å². The number of benzene rings is 1. The fourth-order valence-electron chi connectivity index (χ4n) is 2.56. The van der Waals surface area contributed by atoms with Crippen molar-refractivity contribution < 1.29 is 5.11 Å². The molecule has 3 aromatic rings. The number of rotatable bonds is 2. The second-order valence-corrected chi connectivity index (χ2v) is 5.22. The van der Waals surface area contributed by atoms with E-state index in [0.717, 1.165) is 4.57 Å². The van der Waals surface area contributed by atoms with Gasteiger partial charge in [0, 0.05) is 21.1 Å². The summed E-state index contributed by atoms with van der Waals surface area (Å²) in [5.41, 5.74) is 0.342. The minimum atomic E-state index is -0.974. The number of aryl methyl sites for hydroxylation is 2. The molecule has 0 aliphatic heterocycles. The first-order valence-electron chi connectivity index (χ1n) is 6.78. The lowest BCUT2D eigenvalue weighted by Crippen LogP contribution is -2.37.